The maximum absolute atomic E-state index is 12.5. The summed E-state index contributed by atoms with van der Waals surface area (Å²) < 4.78 is 16.2. The molecule has 0 saturated heterocycles. The maximum Gasteiger partial charge on any atom is 0.337 e. The predicted molar refractivity (Wildman–Crippen MR) is 101 cm³/mol. The van der Waals surface area contributed by atoms with E-state index in [1.165, 1.54) is 11.8 Å². The van der Waals surface area contributed by atoms with Crippen LogP contribution >= 0.6 is 11.8 Å². The standard InChI is InChI=1S/C18H18N4O4S/c1-24-8-4-5-11(25-2)9(6-8)12-13-10(7-26-17(13)23)20-16-14(12)15(19)21-18(22-16)27-3/h4-6,12H,7H2,1-3H3,(H3,19,20,21,22)/t12-/m0/s1. The Balaban J connectivity index is 2.00. The number of rotatable bonds is 4. The number of nitrogens with one attached hydrogen (secondary N) is 1. The third-order valence-corrected chi connectivity index (χ3v) is 5.17. The van der Waals surface area contributed by atoms with E-state index in [1.807, 2.05) is 12.3 Å². The third-order valence-electron chi connectivity index (χ3n) is 4.62. The zero-order valence-corrected chi connectivity index (χ0v) is 15.8. The lowest BCUT2D eigenvalue weighted by Gasteiger charge is -2.28. The van der Waals surface area contributed by atoms with Gasteiger partial charge in [-0.05, 0) is 24.5 Å². The van der Waals surface area contributed by atoms with Crippen molar-refractivity contribution in [2.24, 2.45) is 0 Å². The van der Waals surface area contributed by atoms with Crippen molar-refractivity contribution in [3.63, 3.8) is 0 Å². The number of anilines is 2. The molecule has 27 heavy (non-hydrogen) atoms. The van der Waals surface area contributed by atoms with Gasteiger partial charge in [-0.25, -0.2) is 14.8 Å². The molecule has 0 saturated carbocycles. The molecule has 140 valence electrons. The number of thioether (sulfide) groups is 1. The SMILES string of the molecule is COc1ccc(OC)c([C@H]2C3=C(COC3=O)Nc3nc(SC)nc(N)c32)c1. The molecular weight excluding hydrogens is 368 g/mol. The molecule has 0 radical (unpaired) electrons. The molecule has 1 atom stereocenters. The van der Waals surface area contributed by atoms with Crippen LogP contribution in [0.2, 0.25) is 0 Å². The summed E-state index contributed by atoms with van der Waals surface area (Å²) in [5.74, 6) is 1.20. The van der Waals surface area contributed by atoms with Gasteiger partial charge in [-0.2, -0.15) is 0 Å². The van der Waals surface area contributed by atoms with Crippen molar-refractivity contribution in [2.45, 2.75) is 11.1 Å². The van der Waals surface area contributed by atoms with Gasteiger partial charge in [-0.3, -0.25) is 0 Å². The van der Waals surface area contributed by atoms with Crippen LogP contribution in [0.3, 0.4) is 0 Å². The summed E-state index contributed by atoms with van der Waals surface area (Å²) in [6.45, 7) is 0.162. The van der Waals surface area contributed by atoms with Crippen LogP contribution in [0.15, 0.2) is 34.6 Å². The van der Waals surface area contributed by atoms with Crippen molar-refractivity contribution >= 4 is 29.4 Å². The summed E-state index contributed by atoms with van der Waals surface area (Å²) >= 11 is 1.39. The van der Waals surface area contributed by atoms with Gasteiger partial charge in [-0.15, -0.1) is 0 Å². The molecule has 0 aliphatic carbocycles. The van der Waals surface area contributed by atoms with E-state index in [1.54, 1.807) is 26.4 Å². The number of hydrogen-bond acceptors (Lipinski definition) is 9. The number of nitrogens with zero attached hydrogens (tertiary/aromatic N) is 2. The fourth-order valence-corrected chi connectivity index (χ4v) is 3.78. The molecule has 2 aliphatic rings. The number of nitrogen functional groups attached to an aromatic ring is 1. The molecule has 8 nitrogen and oxygen atoms in total. The maximum atomic E-state index is 12.5. The quantitative estimate of drug-likeness (QED) is 0.464. The molecule has 0 amide bonds. The van der Waals surface area contributed by atoms with Gasteiger partial charge in [0.2, 0.25) is 0 Å². The Hall–Kier alpha value is -2.94. The van der Waals surface area contributed by atoms with E-state index < -0.39 is 11.9 Å². The van der Waals surface area contributed by atoms with Crippen molar-refractivity contribution in [1.82, 2.24) is 9.97 Å². The van der Waals surface area contributed by atoms with Crippen LogP contribution in [-0.2, 0) is 9.53 Å². The van der Waals surface area contributed by atoms with E-state index in [0.29, 0.717) is 45.1 Å². The number of nitrogens with two attached hydrogens (primary N) is 1. The van der Waals surface area contributed by atoms with Crippen molar-refractivity contribution in [1.29, 1.82) is 0 Å². The number of aromatic nitrogens is 2. The molecule has 9 heteroatoms. The number of cyclic esters (lactones) is 1. The lowest BCUT2D eigenvalue weighted by Crippen LogP contribution is -2.23. The smallest absolute Gasteiger partial charge is 0.337 e. The van der Waals surface area contributed by atoms with Crippen molar-refractivity contribution in [3.05, 3.63) is 40.6 Å². The summed E-state index contributed by atoms with van der Waals surface area (Å²) in [5, 5.41) is 3.73. The minimum atomic E-state index is -0.521. The van der Waals surface area contributed by atoms with Crippen molar-refractivity contribution in [2.75, 3.05) is 38.1 Å². The highest BCUT2D eigenvalue weighted by atomic mass is 32.2. The van der Waals surface area contributed by atoms with E-state index in [9.17, 15) is 4.79 Å². The van der Waals surface area contributed by atoms with E-state index in [2.05, 4.69) is 15.3 Å². The largest absolute Gasteiger partial charge is 0.497 e. The number of hydrogen-bond donors (Lipinski definition) is 2. The molecule has 0 bridgehead atoms. The Morgan fingerprint density at radius 3 is 2.81 bits per heavy atom. The van der Waals surface area contributed by atoms with E-state index >= 15 is 0 Å². The molecule has 0 spiro atoms. The number of fused-ring (bicyclic) bond motifs is 1. The second-order valence-corrected chi connectivity index (χ2v) is 6.77. The van der Waals surface area contributed by atoms with Crippen LogP contribution < -0.4 is 20.5 Å². The van der Waals surface area contributed by atoms with Crippen LogP contribution in [0.4, 0.5) is 11.6 Å². The van der Waals surface area contributed by atoms with E-state index in [-0.39, 0.29) is 6.61 Å². The number of carbonyl (C=O) groups excluding carboxylic acids is 1. The van der Waals surface area contributed by atoms with Crippen LogP contribution in [0.25, 0.3) is 0 Å². The number of carbonyl (C=O) groups is 1. The highest BCUT2D eigenvalue weighted by Crippen LogP contribution is 2.48. The second-order valence-electron chi connectivity index (χ2n) is 5.99. The Labute approximate surface area is 160 Å². The van der Waals surface area contributed by atoms with Gasteiger partial charge in [0.1, 0.15) is 29.7 Å². The Kier molecular flexibility index (Phi) is 4.31. The Morgan fingerprint density at radius 2 is 2.11 bits per heavy atom. The predicted octanol–water partition coefficient (Wildman–Crippen LogP) is 2.17. The molecule has 2 aromatic rings. The molecule has 4 rings (SSSR count). The summed E-state index contributed by atoms with van der Waals surface area (Å²) in [5.41, 5.74) is 8.80. The van der Waals surface area contributed by atoms with Gasteiger partial charge in [0.15, 0.2) is 5.16 Å². The zero-order chi connectivity index (χ0) is 19.1. The Bertz CT molecular complexity index is 976. The first-order chi connectivity index (χ1) is 13.1. The summed E-state index contributed by atoms with van der Waals surface area (Å²) in [7, 11) is 3.16. The third kappa shape index (κ3) is 2.74. The van der Waals surface area contributed by atoms with Gasteiger partial charge in [0.05, 0.1) is 31.4 Å². The molecule has 3 N–H and O–H groups in total. The topological polar surface area (TPSA) is 109 Å². The number of esters is 1. The first-order valence-corrected chi connectivity index (χ1v) is 9.40. The fraction of sp³-hybridized carbons (Fsp3) is 0.278. The van der Waals surface area contributed by atoms with Gasteiger partial charge >= 0.3 is 5.97 Å². The highest BCUT2D eigenvalue weighted by Gasteiger charge is 2.42. The van der Waals surface area contributed by atoms with Gasteiger partial charge in [0.25, 0.3) is 0 Å². The molecule has 0 fully saturated rings. The summed E-state index contributed by atoms with van der Waals surface area (Å²) in [6.07, 6.45) is 1.87. The molecule has 3 heterocycles. The van der Waals surface area contributed by atoms with E-state index in [4.69, 9.17) is 19.9 Å². The molecular formula is C18H18N4O4S. The van der Waals surface area contributed by atoms with Crippen LogP contribution in [0.5, 0.6) is 11.5 Å². The van der Waals surface area contributed by atoms with Gasteiger partial charge in [-0.1, -0.05) is 11.8 Å². The Morgan fingerprint density at radius 1 is 1.30 bits per heavy atom. The van der Waals surface area contributed by atoms with Gasteiger partial charge < -0.3 is 25.3 Å². The zero-order valence-electron chi connectivity index (χ0n) is 15.0. The molecule has 2 aliphatic heterocycles. The van der Waals surface area contributed by atoms with Crippen LogP contribution in [-0.4, -0.2) is 43.0 Å². The lowest BCUT2D eigenvalue weighted by atomic mass is 9.82. The molecule has 1 aromatic heterocycles. The second kappa shape index (κ2) is 6.66. The van der Waals surface area contributed by atoms with Crippen LogP contribution in [0.1, 0.15) is 17.0 Å². The number of benzene rings is 1. The van der Waals surface area contributed by atoms with Crippen LogP contribution in [0, 0.1) is 0 Å². The normalized spacial score (nSPS) is 17.7. The number of methoxy groups -OCH3 is 2. The minimum Gasteiger partial charge on any atom is -0.497 e. The fourth-order valence-electron chi connectivity index (χ4n) is 3.41. The lowest BCUT2D eigenvalue weighted by molar-refractivity contribution is -0.136. The van der Waals surface area contributed by atoms with Gasteiger partial charge in [0, 0.05) is 11.1 Å². The van der Waals surface area contributed by atoms with E-state index in [0.717, 1.165) is 5.56 Å². The average Bonchev–Trinajstić information content (AvgIpc) is 3.06. The monoisotopic (exact) mass is 386 g/mol. The van der Waals surface area contributed by atoms with Crippen molar-refractivity contribution in [3.8, 4) is 11.5 Å². The first kappa shape index (κ1) is 17.5. The summed E-state index contributed by atoms with van der Waals surface area (Å²) in [6, 6.07) is 5.42. The number of ether oxygens (including phenoxy) is 3. The molecule has 1 aromatic carbocycles. The van der Waals surface area contributed by atoms with Crippen molar-refractivity contribution < 1.29 is 19.0 Å². The summed E-state index contributed by atoms with van der Waals surface area (Å²) in [4.78, 5) is 21.4. The first-order valence-electron chi connectivity index (χ1n) is 8.17. The molecule has 0 unspecified atom stereocenters. The highest BCUT2D eigenvalue weighted by molar-refractivity contribution is 7.98. The minimum absolute atomic E-state index is 0.162. The average molecular weight is 386 g/mol.